The largest absolute Gasteiger partial charge is 0.378 e. The number of para-hydroxylation sites is 1. The van der Waals surface area contributed by atoms with E-state index in [-0.39, 0.29) is 0 Å². The Labute approximate surface area is 120 Å². The predicted octanol–water partition coefficient (Wildman–Crippen LogP) is 3.32. The number of hydrogen-bond acceptors (Lipinski definition) is 2. The molecule has 1 aromatic rings. The zero-order chi connectivity index (χ0) is 13.3. The maximum Gasteiger partial charge on any atom is 0.170 e. The molecule has 2 rings (SSSR count). The van der Waals surface area contributed by atoms with Crippen LogP contribution in [0.3, 0.4) is 0 Å². The minimum Gasteiger partial charge on any atom is -0.378 e. The fourth-order valence-electron chi connectivity index (χ4n) is 2.28. The highest BCUT2D eigenvalue weighted by atomic mass is 32.1. The van der Waals surface area contributed by atoms with Gasteiger partial charge in [0.25, 0.3) is 0 Å². The van der Waals surface area contributed by atoms with Gasteiger partial charge in [0.1, 0.15) is 0 Å². The van der Waals surface area contributed by atoms with E-state index in [2.05, 4.69) is 10.6 Å². The summed E-state index contributed by atoms with van der Waals surface area (Å²) in [6.45, 7) is 1.68. The fourth-order valence-corrected chi connectivity index (χ4v) is 2.50. The Bertz CT molecular complexity index is 377. The summed E-state index contributed by atoms with van der Waals surface area (Å²) in [5, 5.41) is 7.02. The first-order chi connectivity index (χ1) is 9.34. The lowest BCUT2D eigenvalue weighted by atomic mass is 10.3. The van der Waals surface area contributed by atoms with Gasteiger partial charge in [-0.25, -0.2) is 0 Å². The van der Waals surface area contributed by atoms with E-state index in [0.717, 1.165) is 25.3 Å². The van der Waals surface area contributed by atoms with Crippen LogP contribution < -0.4 is 10.6 Å². The maximum atomic E-state index is 5.80. The van der Waals surface area contributed by atoms with Crippen molar-refractivity contribution in [1.82, 2.24) is 5.32 Å². The summed E-state index contributed by atoms with van der Waals surface area (Å²) in [5.74, 6) is 0. The molecule has 4 heteroatoms. The fraction of sp³-hybridized carbons (Fsp3) is 0.533. The van der Waals surface area contributed by atoms with E-state index in [1.165, 1.54) is 25.7 Å². The SMILES string of the molecule is S=C(NCCCOC1CCCC1)Nc1ccccc1. The average molecular weight is 278 g/mol. The molecule has 3 nitrogen and oxygen atoms in total. The molecule has 0 amide bonds. The van der Waals surface area contributed by atoms with Crippen LogP contribution in [-0.4, -0.2) is 24.4 Å². The normalized spacial score (nSPS) is 15.4. The second-order valence-electron chi connectivity index (χ2n) is 4.88. The van der Waals surface area contributed by atoms with Crippen molar-refractivity contribution < 1.29 is 4.74 Å². The highest BCUT2D eigenvalue weighted by molar-refractivity contribution is 7.80. The number of benzene rings is 1. The molecule has 0 radical (unpaired) electrons. The van der Waals surface area contributed by atoms with E-state index in [1.807, 2.05) is 30.3 Å². The van der Waals surface area contributed by atoms with Crippen molar-refractivity contribution in [2.24, 2.45) is 0 Å². The molecule has 2 N–H and O–H groups in total. The molecule has 0 atom stereocenters. The van der Waals surface area contributed by atoms with Crippen LogP contribution in [0.1, 0.15) is 32.1 Å². The summed E-state index contributed by atoms with van der Waals surface area (Å²) in [4.78, 5) is 0. The molecule has 1 aromatic carbocycles. The lowest BCUT2D eigenvalue weighted by Gasteiger charge is -2.12. The Morgan fingerprint density at radius 2 is 1.95 bits per heavy atom. The van der Waals surface area contributed by atoms with Gasteiger partial charge in [-0.15, -0.1) is 0 Å². The molecule has 1 fully saturated rings. The van der Waals surface area contributed by atoms with Gasteiger partial charge in [-0.2, -0.15) is 0 Å². The highest BCUT2D eigenvalue weighted by Crippen LogP contribution is 2.20. The number of rotatable bonds is 6. The third-order valence-electron chi connectivity index (χ3n) is 3.29. The van der Waals surface area contributed by atoms with Crippen molar-refractivity contribution in [3.05, 3.63) is 30.3 Å². The van der Waals surface area contributed by atoms with E-state index in [9.17, 15) is 0 Å². The predicted molar refractivity (Wildman–Crippen MR) is 83.5 cm³/mol. The molecular weight excluding hydrogens is 256 g/mol. The summed E-state index contributed by atoms with van der Waals surface area (Å²) >= 11 is 5.23. The van der Waals surface area contributed by atoms with Crippen LogP contribution >= 0.6 is 12.2 Å². The molecule has 0 aliphatic heterocycles. The van der Waals surface area contributed by atoms with Crippen LogP contribution in [0, 0.1) is 0 Å². The standard InChI is InChI=1S/C15H22N2OS/c19-15(17-13-7-2-1-3-8-13)16-11-6-12-18-14-9-4-5-10-14/h1-3,7-8,14H,4-6,9-12H2,(H2,16,17,19). The number of nitrogens with one attached hydrogen (secondary N) is 2. The number of ether oxygens (including phenoxy) is 1. The van der Waals surface area contributed by atoms with Gasteiger partial charge in [0.2, 0.25) is 0 Å². The molecule has 0 unspecified atom stereocenters. The van der Waals surface area contributed by atoms with Crippen molar-refractivity contribution in [1.29, 1.82) is 0 Å². The van der Waals surface area contributed by atoms with Gasteiger partial charge in [-0.05, 0) is 43.6 Å². The zero-order valence-electron chi connectivity index (χ0n) is 11.2. The van der Waals surface area contributed by atoms with Gasteiger partial charge >= 0.3 is 0 Å². The minimum atomic E-state index is 0.509. The lowest BCUT2D eigenvalue weighted by Crippen LogP contribution is -2.30. The summed E-state index contributed by atoms with van der Waals surface area (Å²) in [5.41, 5.74) is 1.02. The van der Waals surface area contributed by atoms with Gasteiger partial charge in [0.05, 0.1) is 6.10 Å². The molecule has 0 bridgehead atoms. The van der Waals surface area contributed by atoms with Crippen LogP contribution in [0.15, 0.2) is 30.3 Å². The molecule has 0 aromatic heterocycles. The molecule has 1 saturated carbocycles. The highest BCUT2D eigenvalue weighted by Gasteiger charge is 2.14. The second kappa shape index (κ2) is 8.12. The first-order valence-corrected chi connectivity index (χ1v) is 7.47. The van der Waals surface area contributed by atoms with Crippen LogP contribution in [0.5, 0.6) is 0 Å². The van der Waals surface area contributed by atoms with E-state index >= 15 is 0 Å². The molecule has 0 spiro atoms. The van der Waals surface area contributed by atoms with Crippen LogP contribution in [-0.2, 0) is 4.74 Å². The first-order valence-electron chi connectivity index (χ1n) is 7.06. The smallest absolute Gasteiger partial charge is 0.170 e. The average Bonchev–Trinajstić information content (AvgIpc) is 2.92. The van der Waals surface area contributed by atoms with E-state index in [0.29, 0.717) is 11.2 Å². The molecular formula is C15H22N2OS. The van der Waals surface area contributed by atoms with Crippen LogP contribution in [0.4, 0.5) is 5.69 Å². The molecule has 19 heavy (non-hydrogen) atoms. The minimum absolute atomic E-state index is 0.509. The van der Waals surface area contributed by atoms with E-state index in [1.54, 1.807) is 0 Å². The maximum absolute atomic E-state index is 5.80. The molecule has 0 saturated heterocycles. The Hall–Kier alpha value is -1.13. The van der Waals surface area contributed by atoms with Gasteiger partial charge < -0.3 is 15.4 Å². The van der Waals surface area contributed by atoms with Crippen LogP contribution in [0.25, 0.3) is 0 Å². The Morgan fingerprint density at radius 3 is 2.68 bits per heavy atom. The Kier molecular flexibility index (Phi) is 6.11. The lowest BCUT2D eigenvalue weighted by molar-refractivity contribution is 0.0574. The third kappa shape index (κ3) is 5.57. The van der Waals surface area contributed by atoms with E-state index in [4.69, 9.17) is 17.0 Å². The van der Waals surface area contributed by atoms with Crippen molar-refractivity contribution in [2.75, 3.05) is 18.5 Å². The topological polar surface area (TPSA) is 33.3 Å². The first kappa shape index (κ1) is 14.3. The van der Waals surface area contributed by atoms with Crippen molar-refractivity contribution in [3.8, 4) is 0 Å². The van der Waals surface area contributed by atoms with Gasteiger partial charge in [-0.3, -0.25) is 0 Å². The molecule has 1 aliphatic rings. The summed E-state index contributed by atoms with van der Waals surface area (Å²) in [6, 6.07) is 9.96. The monoisotopic (exact) mass is 278 g/mol. The molecule has 104 valence electrons. The Morgan fingerprint density at radius 1 is 1.21 bits per heavy atom. The molecule has 0 heterocycles. The third-order valence-corrected chi connectivity index (χ3v) is 3.54. The van der Waals surface area contributed by atoms with Crippen molar-refractivity contribution >= 4 is 23.0 Å². The molecule has 1 aliphatic carbocycles. The zero-order valence-corrected chi connectivity index (χ0v) is 12.0. The van der Waals surface area contributed by atoms with Crippen molar-refractivity contribution in [3.63, 3.8) is 0 Å². The van der Waals surface area contributed by atoms with Gasteiger partial charge in [0.15, 0.2) is 5.11 Å². The second-order valence-corrected chi connectivity index (χ2v) is 5.29. The van der Waals surface area contributed by atoms with Crippen molar-refractivity contribution in [2.45, 2.75) is 38.2 Å². The number of anilines is 1. The number of hydrogen-bond donors (Lipinski definition) is 2. The van der Waals surface area contributed by atoms with Gasteiger partial charge in [0, 0.05) is 18.8 Å². The summed E-state index contributed by atoms with van der Waals surface area (Å²) < 4.78 is 5.80. The quantitative estimate of drug-likeness (QED) is 0.618. The summed E-state index contributed by atoms with van der Waals surface area (Å²) in [7, 11) is 0. The van der Waals surface area contributed by atoms with Gasteiger partial charge in [-0.1, -0.05) is 31.0 Å². The Balaban J connectivity index is 1.51. The van der Waals surface area contributed by atoms with Crippen LogP contribution in [0.2, 0.25) is 0 Å². The van der Waals surface area contributed by atoms with E-state index < -0.39 is 0 Å². The number of thiocarbonyl (C=S) groups is 1. The summed E-state index contributed by atoms with van der Waals surface area (Å²) in [6.07, 6.45) is 6.63.